The Balaban J connectivity index is 0.00000162. The van der Waals surface area contributed by atoms with Crippen molar-refractivity contribution in [1.82, 2.24) is 25.3 Å². The van der Waals surface area contributed by atoms with E-state index in [0.717, 1.165) is 12.8 Å². The van der Waals surface area contributed by atoms with Crippen LogP contribution in [0.15, 0.2) is 15.9 Å². The van der Waals surface area contributed by atoms with Crippen molar-refractivity contribution in [3.8, 4) is 0 Å². The van der Waals surface area contributed by atoms with Crippen LogP contribution in [0, 0.1) is 0 Å². The summed E-state index contributed by atoms with van der Waals surface area (Å²) in [4.78, 5) is 31.1. The number of hydrogen-bond donors (Lipinski definition) is 2. The van der Waals surface area contributed by atoms with Crippen LogP contribution in [0.1, 0.15) is 26.7 Å². The minimum absolute atomic E-state index is 0. The van der Waals surface area contributed by atoms with Crippen LogP contribution in [-0.2, 0) is 13.1 Å². The molecule has 0 aliphatic carbocycles. The summed E-state index contributed by atoms with van der Waals surface area (Å²) in [7, 11) is 0. The summed E-state index contributed by atoms with van der Waals surface area (Å²) < 4.78 is 2.83. The summed E-state index contributed by atoms with van der Waals surface area (Å²) >= 11 is 0. The maximum absolute atomic E-state index is 12.2. The standard InChI is InChI=1S/C11H16N4O2.H3N/c1-3-5-14-9-8(12-7-13-9)10(16)15(6-4-2)11(14)17;/h7H,3-6H2,1-2H3,(H,12,13);1H3. The summed E-state index contributed by atoms with van der Waals surface area (Å²) in [5.41, 5.74) is 0.315. The van der Waals surface area contributed by atoms with Gasteiger partial charge in [0.15, 0.2) is 5.65 Å². The van der Waals surface area contributed by atoms with Crippen molar-refractivity contribution in [3.05, 3.63) is 27.2 Å². The van der Waals surface area contributed by atoms with Gasteiger partial charge in [-0.25, -0.2) is 9.78 Å². The molecule has 0 saturated carbocycles. The summed E-state index contributed by atoms with van der Waals surface area (Å²) in [5.74, 6) is 0. The second kappa shape index (κ2) is 5.63. The quantitative estimate of drug-likeness (QED) is 0.842. The van der Waals surface area contributed by atoms with Gasteiger partial charge in [0.1, 0.15) is 5.52 Å². The molecule has 0 bridgehead atoms. The van der Waals surface area contributed by atoms with Gasteiger partial charge >= 0.3 is 5.69 Å². The lowest BCUT2D eigenvalue weighted by Crippen LogP contribution is -2.40. The summed E-state index contributed by atoms with van der Waals surface area (Å²) in [6.45, 7) is 4.94. The monoisotopic (exact) mass is 253 g/mol. The van der Waals surface area contributed by atoms with Crippen molar-refractivity contribution in [2.24, 2.45) is 0 Å². The van der Waals surface area contributed by atoms with Crippen LogP contribution in [0.2, 0.25) is 0 Å². The molecule has 0 saturated heterocycles. The number of H-pyrrole nitrogens is 1. The molecule has 0 fully saturated rings. The molecule has 7 heteroatoms. The predicted octanol–water partition coefficient (Wildman–Crippen LogP) is 0.868. The Morgan fingerprint density at radius 3 is 2.39 bits per heavy atom. The molecule has 0 amide bonds. The Labute approximate surface area is 104 Å². The molecule has 0 unspecified atom stereocenters. The van der Waals surface area contributed by atoms with E-state index >= 15 is 0 Å². The van der Waals surface area contributed by atoms with E-state index < -0.39 is 0 Å². The number of fused-ring (bicyclic) bond motifs is 1. The topological polar surface area (TPSA) is 108 Å². The van der Waals surface area contributed by atoms with Gasteiger partial charge in [-0.15, -0.1) is 0 Å². The van der Waals surface area contributed by atoms with Crippen LogP contribution < -0.4 is 17.4 Å². The minimum atomic E-state index is -0.281. The Kier molecular flexibility index (Phi) is 4.43. The van der Waals surface area contributed by atoms with Gasteiger partial charge in [-0.05, 0) is 12.8 Å². The first-order valence-corrected chi connectivity index (χ1v) is 5.87. The molecule has 100 valence electrons. The third-order valence-corrected chi connectivity index (χ3v) is 2.69. The van der Waals surface area contributed by atoms with Crippen molar-refractivity contribution < 1.29 is 0 Å². The summed E-state index contributed by atoms with van der Waals surface area (Å²) in [6.07, 6.45) is 3.03. The maximum atomic E-state index is 12.2. The molecule has 0 atom stereocenters. The molecule has 0 radical (unpaired) electrons. The number of imidazole rings is 1. The van der Waals surface area contributed by atoms with Crippen molar-refractivity contribution in [1.29, 1.82) is 0 Å². The first-order chi connectivity index (χ1) is 8.20. The van der Waals surface area contributed by atoms with Crippen LogP contribution in [0.3, 0.4) is 0 Å². The molecule has 0 spiro atoms. The number of rotatable bonds is 4. The fourth-order valence-electron chi connectivity index (χ4n) is 1.95. The second-order valence-corrected chi connectivity index (χ2v) is 3.99. The van der Waals surface area contributed by atoms with Crippen LogP contribution in [0.25, 0.3) is 11.2 Å². The van der Waals surface area contributed by atoms with Crippen LogP contribution in [0.5, 0.6) is 0 Å². The molecule has 2 aromatic heterocycles. The third-order valence-electron chi connectivity index (χ3n) is 2.69. The molecular formula is C11H19N5O2. The van der Waals surface area contributed by atoms with E-state index in [4.69, 9.17) is 0 Å². The van der Waals surface area contributed by atoms with E-state index in [-0.39, 0.29) is 17.4 Å². The van der Waals surface area contributed by atoms with Crippen molar-refractivity contribution in [2.75, 3.05) is 0 Å². The van der Waals surface area contributed by atoms with E-state index in [2.05, 4.69) is 9.97 Å². The average molecular weight is 253 g/mol. The van der Waals surface area contributed by atoms with Crippen LogP contribution >= 0.6 is 0 Å². The van der Waals surface area contributed by atoms with Crippen molar-refractivity contribution in [2.45, 2.75) is 39.8 Å². The van der Waals surface area contributed by atoms with Gasteiger partial charge in [0.2, 0.25) is 0 Å². The Morgan fingerprint density at radius 1 is 1.17 bits per heavy atom. The first kappa shape index (κ1) is 14.2. The van der Waals surface area contributed by atoms with E-state index in [0.29, 0.717) is 24.3 Å². The molecule has 0 aliphatic rings. The summed E-state index contributed by atoms with van der Waals surface area (Å²) in [6, 6.07) is 0. The van der Waals surface area contributed by atoms with Gasteiger partial charge in [0, 0.05) is 13.1 Å². The number of aromatic amines is 1. The largest absolute Gasteiger partial charge is 0.344 e. The zero-order chi connectivity index (χ0) is 12.4. The van der Waals surface area contributed by atoms with Crippen LogP contribution in [0.4, 0.5) is 0 Å². The number of nitrogens with one attached hydrogen (secondary N) is 1. The van der Waals surface area contributed by atoms with Gasteiger partial charge in [-0.2, -0.15) is 0 Å². The lowest BCUT2D eigenvalue weighted by atomic mass is 10.4. The highest BCUT2D eigenvalue weighted by Gasteiger charge is 2.13. The van der Waals surface area contributed by atoms with Gasteiger partial charge in [-0.3, -0.25) is 13.9 Å². The molecular weight excluding hydrogens is 234 g/mol. The minimum Gasteiger partial charge on any atom is -0.344 e. The summed E-state index contributed by atoms with van der Waals surface area (Å²) in [5, 5.41) is 0. The molecule has 2 rings (SSSR count). The van der Waals surface area contributed by atoms with Gasteiger partial charge < -0.3 is 11.1 Å². The fraction of sp³-hybridized carbons (Fsp3) is 0.545. The molecule has 18 heavy (non-hydrogen) atoms. The Morgan fingerprint density at radius 2 is 1.78 bits per heavy atom. The normalized spacial score (nSPS) is 10.6. The SMILES string of the molecule is CCCn1c(=O)c2[nH]cnc2n(CCC)c1=O.N. The average Bonchev–Trinajstić information content (AvgIpc) is 2.79. The zero-order valence-corrected chi connectivity index (χ0v) is 10.8. The molecule has 0 aromatic carbocycles. The highest BCUT2D eigenvalue weighted by molar-refractivity contribution is 5.68. The van der Waals surface area contributed by atoms with E-state index in [1.807, 2.05) is 13.8 Å². The van der Waals surface area contributed by atoms with Crippen LogP contribution in [-0.4, -0.2) is 19.1 Å². The highest BCUT2D eigenvalue weighted by Crippen LogP contribution is 2.02. The fourth-order valence-corrected chi connectivity index (χ4v) is 1.95. The lowest BCUT2D eigenvalue weighted by molar-refractivity contribution is 0.555. The Bertz CT molecular complexity index is 637. The van der Waals surface area contributed by atoms with Gasteiger partial charge in [0.05, 0.1) is 6.33 Å². The van der Waals surface area contributed by atoms with E-state index in [1.54, 1.807) is 4.57 Å². The molecule has 2 heterocycles. The lowest BCUT2D eigenvalue weighted by Gasteiger charge is -2.09. The molecule has 7 nitrogen and oxygen atoms in total. The molecule has 2 aromatic rings. The Hall–Kier alpha value is -1.89. The number of hydrogen-bond acceptors (Lipinski definition) is 4. The van der Waals surface area contributed by atoms with Gasteiger partial charge in [0.25, 0.3) is 5.56 Å². The second-order valence-electron chi connectivity index (χ2n) is 3.99. The number of aromatic nitrogens is 4. The van der Waals surface area contributed by atoms with E-state index in [1.165, 1.54) is 10.9 Å². The number of aryl methyl sites for hydroxylation is 1. The highest BCUT2D eigenvalue weighted by atomic mass is 16.2. The first-order valence-electron chi connectivity index (χ1n) is 5.87. The third kappa shape index (κ3) is 2.08. The maximum Gasteiger partial charge on any atom is 0.332 e. The number of nitrogens with zero attached hydrogens (tertiary/aromatic N) is 3. The van der Waals surface area contributed by atoms with Crippen molar-refractivity contribution in [3.63, 3.8) is 0 Å². The van der Waals surface area contributed by atoms with Gasteiger partial charge in [-0.1, -0.05) is 13.8 Å². The molecule has 0 aliphatic heterocycles. The zero-order valence-electron chi connectivity index (χ0n) is 10.8. The molecule has 4 N–H and O–H groups in total. The van der Waals surface area contributed by atoms with E-state index in [9.17, 15) is 9.59 Å². The van der Waals surface area contributed by atoms with Crippen molar-refractivity contribution >= 4 is 11.2 Å². The smallest absolute Gasteiger partial charge is 0.332 e. The predicted molar refractivity (Wildman–Crippen MR) is 70.2 cm³/mol.